The summed E-state index contributed by atoms with van der Waals surface area (Å²) in [4.78, 5) is 54.3. The molecule has 3 saturated heterocycles. The Balaban J connectivity index is 0.000000279. The first-order chi connectivity index (χ1) is 34.7. The molecule has 2 unspecified atom stereocenters. The molecule has 4 aromatic rings. The van der Waals surface area contributed by atoms with Gasteiger partial charge >= 0.3 is 30.5 Å². The van der Waals surface area contributed by atoms with E-state index in [4.69, 9.17) is 51.1 Å². The van der Waals surface area contributed by atoms with E-state index in [0.29, 0.717) is 46.3 Å². The summed E-state index contributed by atoms with van der Waals surface area (Å²) in [6.45, 7) is 5.33. The molecular formula is C50H57Cl4F6N5O8. The van der Waals surface area contributed by atoms with E-state index >= 15 is 0 Å². The van der Waals surface area contributed by atoms with Gasteiger partial charge in [0.05, 0.1) is 19.2 Å². The summed E-state index contributed by atoms with van der Waals surface area (Å²) in [5.41, 5.74) is 8.37. The standard InChI is InChI=1S/C23H23Cl2F3N2O3.C22H21Cl2F3N2O4.C4H8O.CH5N/c1-2-19(31)21(23(26,27)28)33-22(32)30-13-11-29(12-14-30)20(15-3-7-17(24)8-4-15)16-5-9-18(25)10-6-16;1-32-20(30)19(22(25,26)27)33-21(31)29-12-10-28(11-13-29)18(14-2-6-16(23)7-3-14)15-4-8-17(24)9-5-15;1-2-4-5-3-1;1-2/h3-10,20-21H,2,11-14H2,1H3;2-9,18-19H,10-13H2,1H3;1-4H2;2H2,1H3. The summed E-state index contributed by atoms with van der Waals surface area (Å²) in [5.74, 6) is -2.86. The van der Waals surface area contributed by atoms with Crippen molar-refractivity contribution in [2.45, 2.75) is 62.8 Å². The summed E-state index contributed by atoms with van der Waals surface area (Å²) in [5, 5.41) is 2.38. The first-order valence-corrected chi connectivity index (χ1v) is 24.5. The number of hydrogen-bond acceptors (Lipinski definition) is 11. The Morgan fingerprint density at radius 1 is 0.534 bits per heavy atom. The van der Waals surface area contributed by atoms with Crippen LogP contribution in [0.5, 0.6) is 0 Å². The van der Waals surface area contributed by atoms with Crippen molar-refractivity contribution in [3.05, 3.63) is 139 Å². The maximum Gasteiger partial charge on any atom is 0.436 e. The van der Waals surface area contributed by atoms with Gasteiger partial charge in [-0.15, -0.1) is 0 Å². The number of amides is 2. The third-order valence-electron chi connectivity index (χ3n) is 11.5. The molecule has 3 heterocycles. The van der Waals surface area contributed by atoms with Gasteiger partial charge in [-0.25, -0.2) is 14.4 Å². The van der Waals surface area contributed by atoms with Crippen molar-refractivity contribution in [2.24, 2.45) is 5.73 Å². The number of piperazine rings is 2. The molecule has 0 spiro atoms. The SMILES string of the molecule is C1CCOC1.CCC(=O)C(OC(=O)N1CCN(C(c2ccc(Cl)cc2)c2ccc(Cl)cc2)CC1)C(F)(F)F.CN.COC(=O)C(OC(=O)N1CCN(C(c2ccc(Cl)cc2)c2ccc(Cl)cc2)CC1)C(F)(F)F. The number of nitrogens with two attached hydrogens (primary N) is 1. The zero-order valence-electron chi connectivity index (χ0n) is 40.2. The molecule has 400 valence electrons. The van der Waals surface area contributed by atoms with Crippen LogP contribution < -0.4 is 5.73 Å². The van der Waals surface area contributed by atoms with Gasteiger partial charge in [0.25, 0.3) is 12.2 Å². The van der Waals surface area contributed by atoms with E-state index in [1.807, 2.05) is 48.5 Å². The van der Waals surface area contributed by atoms with E-state index in [1.54, 1.807) is 48.5 Å². The number of methoxy groups -OCH3 is 1. The fourth-order valence-corrected chi connectivity index (χ4v) is 8.35. The van der Waals surface area contributed by atoms with Crippen LogP contribution in [0.2, 0.25) is 20.1 Å². The molecule has 3 fully saturated rings. The van der Waals surface area contributed by atoms with Crippen LogP contribution in [-0.2, 0) is 28.5 Å². The van der Waals surface area contributed by atoms with E-state index < -0.39 is 48.5 Å². The van der Waals surface area contributed by atoms with Crippen LogP contribution in [-0.4, -0.2) is 148 Å². The minimum absolute atomic E-state index is 0.113. The van der Waals surface area contributed by atoms with E-state index in [9.17, 15) is 45.5 Å². The molecule has 4 aromatic carbocycles. The number of hydrogen-bond donors (Lipinski definition) is 1. The average molecular weight is 1110 g/mol. The highest BCUT2D eigenvalue weighted by Crippen LogP contribution is 2.34. The first-order valence-electron chi connectivity index (χ1n) is 23.0. The molecule has 2 N–H and O–H groups in total. The molecular weight excluding hydrogens is 1050 g/mol. The minimum atomic E-state index is -5.07. The van der Waals surface area contributed by atoms with E-state index in [-0.39, 0.29) is 44.7 Å². The minimum Gasteiger partial charge on any atom is -0.466 e. The van der Waals surface area contributed by atoms with Gasteiger partial charge < -0.3 is 34.5 Å². The maximum absolute atomic E-state index is 13.1. The molecule has 23 heteroatoms. The molecule has 3 aliphatic rings. The predicted octanol–water partition coefficient (Wildman–Crippen LogP) is 11.1. The van der Waals surface area contributed by atoms with Crippen LogP contribution in [0.25, 0.3) is 0 Å². The van der Waals surface area contributed by atoms with Crippen LogP contribution in [0.4, 0.5) is 35.9 Å². The number of alkyl halides is 6. The van der Waals surface area contributed by atoms with Gasteiger partial charge in [0.2, 0.25) is 0 Å². The number of rotatable bonds is 11. The lowest BCUT2D eigenvalue weighted by molar-refractivity contribution is -0.218. The second-order valence-corrected chi connectivity index (χ2v) is 18.1. The maximum atomic E-state index is 13.1. The Morgan fingerprint density at radius 3 is 1.05 bits per heavy atom. The average Bonchev–Trinajstić information content (AvgIpc) is 3.98. The Kier molecular flexibility index (Phi) is 24.4. The lowest BCUT2D eigenvalue weighted by atomic mass is 9.96. The Morgan fingerprint density at radius 2 is 0.822 bits per heavy atom. The lowest BCUT2D eigenvalue weighted by Crippen LogP contribution is -2.52. The number of halogens is 10. The molecule has 2 amide bonds. The zero-order valence-corrected chi connectivity index (χ0v) is 43.2. The molecule has 0 saturated carbocycles. The van der Waals surface area contributed by atoms with Gasteiger partial charge in [0.15, 0.2) is 5.78 Å². The third-order valence-corrected chi connectivity index (χ3v) is 12.5. The summed E-state index contributed by atoms with van der Waals surface area (Å²) >= 11 is 24.1. The number of carbonyl (C=O) groups is 4. The number of ketones is 1. The second-order valence-electron chi connectivity index (χ2n) is 16.3. The number of carbonyl (C=O) groups excluding carboxylic acids is 4. The third kappa shape index (κ3) is 18.5. The normalized spacial score (nSPS) is 16.2. The van der Waals surface area contributed by atoms with Crippen molar-refractivity contribution >= 4 is 70.3 Å². The summed E-state index contributed by atoms with van der Waals surface area (Å²) in [7, 11) is 2.29. The molecule has 0 aromatic heterocycles. The van der Waals surface area contributed by atoms with Crippen molar-refractivity contribution in [3.8, 4) is 0 Å². The topological polar surface area (TPSA) is 144 Å². The van der Waals surface area contributed by atoms with Gasteiger partial charge in [-0.1, -0.05) is 102 Å². The highest BCUT2D eigenvalue weighted by atomic mass is 35.5. The van der Waals surface area contributed by atoms with Crippen LogP contribution >= 0.6 is 46.4 Å². The number of Topliss-reactive ketones (excluding diaryl/α,β-unsaturated/α-hetero) is 1. The number of benzene rings is 4. The van der Waals surface area contributed by atoms with Crippen molar-refractivity contribution in [1.29, 1.82) is 0 Å². The van der Waals surface area contributed by atoms with Crippen molar-refractivity contribution in [1.82, 2.24) is 19.6 Å². The summed E-state index contributed by atoms with van der Waals surface area (Å²) < 4.78 is 96.7. The second kappa shape index (κ2) is 29.3. The highest BCUT2D eigenvalue weighted by Gasteiger charge is 2.50. The predicted molar refractivity (Wildman–Crippen MR) is 266 cm³/mol. The van der Waals surface area contributed by atoms with E-state index in [0.717, 1.165) is 47.5 Å². The van der Waals surface area contributed by atoms with E-state index in [1.165, 1.54) is 31.7 Å². The van der Waals surface area contributed by atoms with Gasteiger partial charge in [-0.05, 0) is 90.7 Å². The van der Waals surface area contributed by atoms with Crippen molar-refractivity contribution < 1.29 is 64.5 Å². The highest BCUT2D eigenvalue weighted by molar-refractivity contribution is 6.31. The molecule has 0 bridgehead atoms. The van der Waals surface area contributed by atoms with Crippen molar-refractivity contribution in [2.75, 3.05) is 79.7 Å². The smallest absolute Gasteiger partial charge is 0.436 e. The molecule has 3 aliphatic heterocycles. The summed E-state index contributed by atoms with van der Waals surface area (Å²) in [6.07, 6.45) is -15.9. The van der Waals surface area contributed by atoms with Crippen LogP contribution in [0.15, 0.2) is 97.1 Å². The summed E-state index contributed by atoms with van der Waals surface area (Å²) in [6, 6.07) is 29.1. The van der Waals surface area contributed by atoms with Crippen LogP contribution in [0.3, 0.4) is 0 Å². The number of esters is 1. The number of ether oxygens (including phenoxy) is 4. The largest absolute Gasteiger partial charge is 0.466 e. The van der Waals surface area contributed by atoms with Gasteiger partial charge in [0, 0.05) is 92.1 Å². The molecule has 0 radical (unpaired) electrons. The fourth-order valence-electron chi connectivity index (χ4n) is 7.85. The van der Waals surface area contributed by atoms with Gasteiger partial charge in [-0.2, -0.15) is 26.3 Å². The van der Waals surface area contributed by atoms with Crippen molar-refractivity contribution in [3.63, 3.8) is 0 Å². The lowest BCUT2D eigenvalue weighted by Gasteiger charge is -2.39. The van der Waals surface area contributed by atoms with Gasteiger partial charge in [0.1, 0.15) is 0 Å². The number of nitrogens with zero attached hydrogens (tertiary/aromatic N) is 4. The molecule has 13 nitrogen and oxygen atoms in total. The first kappa shape index (κ1) is 60.7. The molecule has 2 atom stereocenters. The fraction of sp³-hybridized carbons (Fsp3) is 0.440. The quantitative estimate of drug-likeness (QED) is 0.0870. The molecule has 7 rings (SSSR count). The Labute approximate surface area is 440 Å². The van der Waals surface area contributed by atoms with Gasteiger partial charge in [-0.3, -0.25) is 14.6 Å². The Hall–Kier alpha value is -4.86. The Bertz CT molecular complexity index is 2080. The van der Waals surface area contributed by atoms with Crippen LogP contribution in [0.1, 0.15) is 60.5 Å². The molecule has 0 aliphatic carbocycles. The van der Waals surface area contributed by atoms with Crippen LogP contribution in [0, 0.1) is 0 Å². The zero-order chi connectivity index (χ0) is 53.9. The van der Waals surface area contributed by atoms with E-state index in [2.05, 4.69) is 29.7 Å². The molecule has 73 heavy (non-hydrogen) atoms. The monoisotopic (exact) mass is 1110 g/mol.